The van der Waals surface area contributed by atoms with Gasteiger partial charge in [0.2, 0.25) is 5.91 Å². The minimum Gasteiger partial charge on any atom is -0.330 e. The van der Waals surface area contributed by atoms with Crippen LogP contribution in [-0.2, 0) is 17.6 Å². The molecule has 0 saturated heterocycles. The fourth-order valence-electron chi connectivity index (χ4n) is 2.62. The van der Waals surface area contributed by atoms with E-state index in [0.717, 1.165) is 44.5 Å². The Bertz CT molecular complexity index is 454. The maximum atomic E-state index is 12.1. The van der Waals surface area contributed by atoms with E-state index in [9.17, 15) is 4.79 Å². The number of carbonyl (C=O) groups is 1. The minimum atomic E-state index is 0.0650. The number of nitrogens with two attached hydrogens (primary N) is 1. The van der Waals surface area contributed by atoms with Crippen molar-refractivity contribution in [3.8, 4) is 0 Å². The summed E-state index contributed by atoms with van der Waals surface area (Å²) in [7, 11) is 0. The van der Waals surface area contributed by atoms with Gasteiger partial charge in [0.1, 0.15) is 0 Å². The van der Waals surface area contributed by atoms with Crippen molar-refractivity contribution in [3.63, 3.8) is 0 Å². The van der Waals surface area contributed by atoms with Crippen molar-refractivity contribution in [2.24, 2.45) is 11.7 Å². The van der Waals surface area contributed by atoms with Crippen LogP contribution in [0, 0.1) is 5.92 Å². The lowest BCUT2D eigenvalue weighted by Gasteiger charge is -2.19. The second-order valence-electron chi connectivity index (χ2n) is 5.60. The molecular formula is C16H24N2O. The number of anilines is 1. The molecule has 1 aliphatic rings. The Morgan fingerprint density at radius 1 is 1.37 bits per heavy atom. The molecule has 104 valence electrons. The van der Waals surface area contributed by atoms with Crippen LogP contribution < -0.4 is 10.6 Å². The zero-order valence-corrected chi connectivity index (χ0v) is 12.0. The molecular weight excluding hydrogens is 236 g/mol. The van der Waals surface area contributed by atoms with E-state index in [-0.39, 0.29) is 11.8 Å². The van der Waals surface area contributed by atoms with E-state index in [1.54, 1.807) is 0 Å². The van der Waals surface area contributed by atoms with E-state index in [2.05, 4.69) is 18.2 Å². The molecule has 1 aromatic rings. The molecule has 1 heterocycles. The van der Waals surface area contributed by atoms with Crippen LogP contribution >= 0.6 is 0 Å². The number of fused-ring (bicyclic) bond motifs is 1. The summed E-state index contributed by atoms with van der Waals surface area (Å²) in [6.45, 7) is 5.52. The molecule has 0 fully saturated rings. The van der Waals surface area contributed by atoms with Crippen molar-refractivity contribution in [1.29, 1.82) is 0 Å². The first-order chi connectivity index (χ1) is 9.13. The number of carbonyl (C=O) groups excluding carboxylic acids is 1. The van der Waals surface area contributed by atoms with Crippen LogP contribution in [0.3, 0.4) is 0 Å². The average Bonchev–Trinajstić information content (AvgIpc) is 2.81. The summed E-state index contributed by atoms with van der Waals surface area (Å²) in [5, 5.41) is 0. The van der Waals surface area contributed by atoms with Gasteiger partial charge in [-0.15, -0.1) is 0 Å². The molecule has 3 heteroatoms. The minimum absolute atomic E-state index is 0.0650. The zero-order chi connectivity index (χ0) is 13.8. The van der Waals surface area contributed by atoms with Gasteiger partial charge in [-0.2, -0.15) is 0 Å². The maximum Gasteiger partial charge on any atom is 0.229 e. The van der Waals surface area contributed by atoms with E-state index in [1.807, 2.05) is 18.7 Å². The Balaban J connectivity index is 2.09. The number of aryl methyl sites for hydroxylation is 1. The van der Waals surface area contributed by atoms with Gasteiger partial charge < -0.3 is 10.6 Å². The van der Waals surface area contributed by atoms with Crippen molar-refractivity contribution < 1.29 is 4.79 Å². The smallest absolute Gasteiger partial charge is 0.229 e. The quantitative estimate of drug-likeness (QED) is 0.827. The molecule has 0 saturated carbocycles. The topological polar surface area (TPSA) is 46.3 Å². The van der Waals surface area contributed by atoms with Gasteiger partial charge in [-0.3, -0.25) is 4.79 Å². The summed E-state index contributed by atoms with van der Waals surface area (Å²) in [6, 6.07) is 6.53. The van der Waals surface area contributed by atoms with Crippen molar-refractivity contribution in [1.82, 2.24) is 0 Å². The molecule has 0 radical (unpaired) electrons. The molecule has 0 bridgehead atoms. The highest BCUT2D eigenvalue weighted by Gasteiger charge is 2.26. The van der Waals surface area contributed by atoms with Crippen molar-refractivity contribution >= 4 is 11.6 Å². The number of amides is 1. The lowest BCUT2D eigenvalue weighted by atomic mass is 10.0. The number of unbranched alkanes of at least 4 members (excludes halogenated alkanes) is 1. The SMILES string of the molecule is CC(C)C(=O)N1CCc2cc(CCCCN)ccc21. The van der Waals surface area contributed by atoms with Gasteiger partial charge >= 0.3 is 0 Å². The second kappa shape index (κ2) is 6.20. The number of hydrogen-bond acceptors (Lipinski definition) is 2. The second-order valence-corrected chi connectivity index (χ2v) is 5.60. The number of nitrogens with zero attached hydrogens (tertiary/aromatic N) is 1. The van der Waals surface area contributed by atoms with Crippen molar-refractivity contribution in [2.45, 2.75) is 39.5 Å². The monoisotopic (exact) mass is 260 g/mol. The molecule has 1 amide bonds. The zero-order valence-electron chi connectivity index (χ0n) is 12.0. The largest absolute Gasteiger partial charge is 0.330 e. The van der Waals surface area contributed by atoms with Gasteiger partial charge in [-0.25, -0.2) is 0 Å². The summed E-state index contributed by atoms with van der Waals surface area (Å²) in [5.74, 6) is 0.296. The molecule has 2 rings (SSSR count). The number of rotatable bonds is 5. The first-order valence-electron chi connectivity index (χ1n) is 7.26. The maximum absolute atomic E-state index is 12.1. The lowest BCUT2D eigenvalue weighted by molar-refractivity contribution is -0.121. The molecule has 19 heavy (non-hydrogen) atoms. The first-order valence-corrected chi connectivity index (χ1v) is 7.26. The van der Waals surface area contributed by atoms with Gasteiger partial charge in [-0.1, -0.05) is 26.0 Å². The Morgan fingerprint density at radius 3 is 2.84 bits per heavy atom. The van der Waals surface area contributed by atoms with Crippen LogP contribution in [0.1, 0.15) is 37.8 Å². The summed E-state index contributed by atoms with van der Waals surface area (Å²) < 4.78 is 0. The summed E-state index contributed by atoms with van der Waals surface area (Å²) in [6.07, 6.45) is 4.29. The Labute approximate surface area is 115 Å². The predicted octanol–water partition coefficient (Wildman–Crippen LogP) is 2.51. The van der Waals surface area contributed by atoms with E-state index in [0.29, 0.717) is 0 Å². The van der Waals surface area contributed by atoms with E-state index in [4.69, 9.17) is 5.73 Å². The van der Waals surface area contributed by atoms with E-state index >= 15 is 0 Å². The third kappa shape index (κ3) is 3.16. The summed E-state index contributed by atoms with van der Waals surface area (Å²) in [4.78, 5) is 14.0. The van der Waals surface area contributed by atoms with E-state index < -0.39 is 0 Å². The molecule has 3 nitrogen and oxygen atoms in total. The highest BCUT2D eigenvalue weighted by Crippen LogP contribution is 2.30. The molecule has 0 aromatic heterocycles. The van der Waals surface area contributed by atoms with Crippen LogP contribution in [-0.4, -0.2) is 19.0 Å². The Morgan fingerprint density at radius 2 is 2.16 bits per heavy atom. The van der Waals surface area contributed by atoms with Gasteiger partial charge in [-0.05, 0) is 49.4 Å². The Kier molecular flexibility index (Phi) is 4.59. The Hall–Kier alpha value is -1.35. The average molecular weight is 260 g/mol. The van der Waals surface area contributed by atoms with Crippen LogP contribution in [0.2, 0.25) is 0 Å². The van der Waals surface area contributed by atoms with Crippen molar-refractivity contribution in [3.05, 3.63) is 29.3 Å². The fourth-order valence-corrected chi connectivity index (χ4v) is 2.62. The number of benzene rings is 1. The van der Waals surface area contributed by atoms with Crippen LogP contribution in [0.4, 0.5) is 5.69 Å². The van der Waals surface area contributed by atoms with Gasteiger partial charge in [0.05, 0.1) is 0 Å². The molecule has 2 N–H and O–H groups in total. The molecule has 0 atom stereocenters. The molecule has 0 unspecified atom stereocenters. The first kappa shape index (κ1) is 14.1. The molecule has 1 aromatic carbocycles. The van der Waals surface area contributed by atoms with Crippen LogP contribution in [0.5, 0.6) is 0 Å². The van der Waals surface area contributed by atoms with Crippen molar-refractivity contribution in [2.75, 3.05) is 18.0 Å². The third-order valence-electron chi connectivity index (χ3n) is 3.72. The fraction of sp³-hybridized carbons (Fsp3) is 0.562. The molecule has 0 aliphatic carbocycles. The summed E-state index contributed by atoms with van der Waals surface area (Å²) >= 11 is 0. The van der Waals surface area contributed by atoms with Crippen LogP contribution in [0.25, 0.3) is 0 Å². The van der Waals surface area contributed by atoms with Crippen LogP contribution in [0.15, 0.2) is 18.2 Å². The normalized spacial score (nSPS) is 14.0. The highest BCUT2D eigenvalue weighted by molar-refractivity contribution is 5.96. The molecule has 1 aliphatic heterocycles. The summed E-state index contributed by atoms with van der Waals surface area (Å²) in [5.41, 5.74) is 9.32. The van der Waals surface area contributed by atoms with E-state index in [1.165, 1.54) is 11.1 Å². The lowest BCUT2D eigenvalue weighted by Crippen LogP contribution is -2.32. The van der Waals surface area contributed by atoms with Gasteiger partial charge in [0, 0.05) is 18.2 Å². The van der Waals surface area contributed by atoms with Gasteiger partial charge in [0.25, 0.3) is 0 Å². The standard InChI is InChI=1S/C16H24N2O/c1-12(2)16(19)18-10-8-14-11-13(5-3-4-9-17)6-7-15(14)18/h6-7,11-12H,3-5,8-10,17H2,1-2H3. The highest BCUT2D eigenvalue weighted by atomic mass is 16.2. The molecule has 0 spiro atoms. The third-order valence-corrected chi connectivity index (χ3v) is 3.72. The van der Waals surface area contributed by atoms with Gasteiger partial charge in [0.15, 0.2) is 0 Å². The predicted molar refractivity (Wildman–Crippen MR) is 79.3 cm³/mol. The number of hydrogen-bond donors (Lipinski definition) is 1.